The van der Waals surface area contributed by atoms with E-state index < -0.39 is 29.4 Å². The van der Waals surface area contributed by atoms with E-state index in [1.165, 1.54) is 17.4 Å². The third-order valence-corrected chi connectivity index (χ3v) is 7.05. The summed E-state index contributed by atoms with van der Waals surface area (Å²) in [6.07, 6.45) is 0. The Kier molecular flexibility index (Phi) is 6.76. The lowest BCUT2D eigenvalue weighted by atomic mass is 9.94. The van der Waals surface area contributed by atoms with Gasteiger partial charge in [-0.15, -0.1) is 11.3 Å². The highest BCUT2D eigenvalue weighted by molar-refractivity contribution is 7.10. The van der Waals surface area contributed by atoms with Crippen LogP contribution in [0.15, 0.2) is 53.4 Å². The van der Waals surface area contributed by atoms with Gasteiger partial charge in [0.05, 0.1) is 12.2 Å². The number of aliphatic hydroxyl groups excluding tert-OH is 1. The van der Waals surface area contributed by atoms with Gasteiger partial charge >= 0.3 is 0 Å². The molecule has 1 unspecified atom stereocenters. The van der Waals surface area contributed by atoms with Crippen LogP contribution >= 0.6 is 11.3 Å². The molecular formula is C27H25F2NO4S. The molecule has 0 spiro atoms. The van der Waals surface area contributed by atoms with Crippen LogP contribution in [0.4, 0.5) is 14.5 Å². The molecule has 0 saturated carbocycles. The smallest absolute Gasteiger partial charge is 0.300 e. The first-order valence-corrected chi connectivity index (χ1v) is 12.1. The van der Waals surface area contributed by atoms with Crippen molar-refractivity contribution in [3.05, 3.63) is 86.6 Å². The number of ketones is 1. The second kappa shape index (κ2) is 9.62. The topological polar surface area (TPSA) is 66.8 Å². The summed E-state index contributed by atoms with van der Waals surface area (Å²) in [5.74, 6) is -3.62. The van der Waals surface area contributed by atoms with Crippen molar-refractivity contribution in [2.75, 3.05) is 11.5 Å². The summed E-state index contributed by atoms with van der Waals surface area (Å²) in [4.78, 5) is 28.2. The van der Waals surface area contributed by atoms with E-state index in [-0.39, 0.29) is 22.9 Å². The van der Waals surface area contributed by atoms with Crippen LogP contribution in [0.1, 0.15) is 54.3 Å². The van der Waals surface area contributed by atoms with E-state index in [1.54, 1.807) is 18.2 Å². The Hall–Kier alpha value is -3.52. The van der Waals surface area contributed by atoms with Crippen LogP contribution in [0.3, 0.4) is 0 Å². The van der Waals surface area contributed by atoms with Gasteiger partial charge in [-0.3, -0.25) is 14.5 Å². The third-order valence-electron chi connectivity index (χ3n) is 5.98. The minimum atomic E-state index is -1.14. The number of anilines is 1. The van der Waals surface area contributed by atoms with Crippen molar-refractivity contribution in [2.45, 2.75) is 39.7 Å². The SMILES string of the molecule is CCOc1ccc(/C(O)=C2/C(=O)C(=O)N(c3ccc(F)c(F)c3)C2c2sccc2C)cc1C(C)C. The summed E-state index contributed by atoms with van der Waals surface area (Å²) in [7, 11) is 0. The van der Waals surface area contributed by atoms with Gasteiger partial charge < -0.3 is 9.84 Å². The predicted molar refractivity (Wildman–Crippen MR) is 132 cm³/mol. The van der Waals surface area contributed by atoms with Gasteiger partial charge in [0, 0.05) is 22.2 Å². The maximum absolute atomic E-state index is 14.1. The molecule has 0 radical (unpaired) electrons. The third kappa shape index (κ3) is 4.34. The number of carbonyl (C=O) groups excluding carboxylic acids is 2. The van der Waals surface area contributed by atoms with Gasteiger partial charge in [-0.2, -0.15) is 0 Å². The first-order valence-electron chi connectivity index (χ1n) is 11.2. The van der Waals surface area contributed by atoms with Crippen LogP contribution in [-0.2, 0) is 9.59 Å². The molecule has 0 bridgehead atoms. The van der Waals surface area contributed by atoms with E-state index in [0.717, 1.165) is 28.2 Å². The number of aryl methyl sites for hydroxylation is 1. The van der Waals surface area contributed by atoms with Gasteiger partial charge in [0.1, 0.15) is 17.6 Å². The van der Waals surface area contributed by atoms with Gasteiger partial charge in [-0.05, 0) is 72.7 Å². The molecule has 3 aromatic rings. The normalized spacial score (nSPS) is 17.5. The Morgan fingerprint density at radius 1 is 1.11 bits per heavy atom. The highest BCUT2D eigenvalue weighted by Crippen LogP contribution is 2.45. The van der Waals surface area contributed by atoms with E-state index in [1.807, 2.05) is 39.1 Å². The number of halogens is 2. The number of hydrogen-bond donors (Lipinski definition) is 1. The van der Waals surface area contributed by atoms with E-state index >= 15 is 0 Å². The van der Waals surface area contributed by atoms with Gasteiger partial charge in [0.2, 0.25) is 0 Å². The van der Waals surface area contributed by atoms with Crippen molar-refractivity contribution in [3.8, 4) is 5.75 Å². The van der Waals surface area contributed by atoms with Crippen molar-refractivity contribution in [1.82, 2.24) is 0 Å². The molecule has 4 rings (SSSR count). The monoisotopic (exact) mass is 497 g/mol. The summed E-state index contributed by atoms with van der Waals surface area (Å²) in [5.41, 5.74) is 1.92. The zero-order chi connectivity index (χ0) is 25.4. The van der Waals surface area contributed by atoms with Crippen LogP contribution in [-0.4, -0.2) is 23.4 Å². The molecule has 1 aliphatic rings. The van der Waals surface area contributed by atoms with Crippen LogP contribution in [0.5, 0.6) is 5.75 Å². The Morgan fingerprint density at radius 3 is 2.46 bits per heavy atom. The average molecular weight is 498 g/mol. The standard InChI is InChI=1S/C27H25F2NO4S/c1-5-34-21-9-6-16(12-18(21)14(2)3)24(31)22-23(26-15(4)10-11-35-26)30(27(33)25(22)32)17-7-8-19(28)20(29)13-17/h6-14,23,31H,5H2,1-4H3/b24-22-. The molecule has 1 N–H and O–H groups in total. The lowest BCUT2D eigenvalue weighted by Gasteiger charge is -2.25. The molecule has 1 aromatic heterocycles. The van der Waals surface area contributed by atoms with E-state index in [4.69, 9.17) is 4.74 Å². The molecule has 2 aromatic carbocycles. The first-order chi connectivity index (χ1) is 16.6. The highest BCUT2D eigenvalue weighted by Gasteiger charge is 2.48. The van der Waals surface area contributed by atoms with Crippen LogP contribution in [0, 0.1) is 18.6 Å². The molecule has 1 atom stereocenters. The Labute approximate surface area is 206 Å². The predicted octanol–water partition coefficient (Wildman–Crippen LogP) is 6.48. The minimum Gasteiger partial charge on any atom is -0.507 e. The van der Waals surface area contributed by atoms with Crippen LogP contribution in [0.25, 0.3) is 5.76 Å². The number of nitrogens with zero attached hydrogens (tertiary/aromatic N) is 1. The molecule has 182 valence electrons. The number of aliphatic hydroxyl groups is 1. The molecule has 8 heteroatoms. The fourth-order valence-corrected chi connectivity index (χ4v) is 5.26. The lowest BCUT2D eigenvalue weighted by Crippen LogP contribution is -2.29. The summed E-state index contributed by atoms with van der Waals surface area (Å²) in [6.45, 7) is 8.14. The van der Waals surface area contributed by atoms with Crippen molar-refractivity contribution in [2.24, 2.45) is 0 Å². The Bertz CT molecular complexity index is 1340. The lowest BCUT2D eigenvalue weighted by molar-refractivity contribution is -0.132. The molecule has 2 heterocycles. The number of amides is 1. The van der Waals surface area contributed by atoms with E-state index in [9.17, 15) is 23.5 Å². The minimum absolute atomic E-state index is 0.0254. The molecular weight excluding hydrogens is 472 g/mol. The molecule has 5 nitrogen and oxygen atoms in total. The number of ether oxygens (including phenoxy) is 1. The van der Waals surface area contributed by atoms with Crippen molar-refractivity contribution < 1.29 is 28.2 Å². The Balaban J connectivity index is 1.93. The fraction of sp³-hybridized carbons (Fsp3) is 0.259. The molecule has 35 heavy (non-hydrogen) atoms. The van der Waals surface area contributed by atoms with Crippen LogP contribution < -0.4 is 9.64 Å². The average Bonchev–Trinajstić information content (AvgIpc) is 3.36. The zero-order valence-corrected chi connectivity index (χ0v) is 20.6. The van der Waals surface area contributed by atoms with Gasteiger partial charge in [0.25, 0.3) is 11.7 Å². The molecule has 1 saturated heterocycles. The molecule has 0 aliphatic carbocycles. The fourth-order valence-electron chi connectivity index (χ4n) is 4.24. The molecule has 1 amide bonds. The maximum atomic E-state index is 14.1. The van der Waals surface area contributed by atoms with E-state index in [0.29, 0.717) is 22.8 Å². The van der Waals surface area contributed by atoms with Crippen molar-refractivity contribution in [1.29, 1.82) is 0 Å². The number of benzene rings is 2. The second-order valence-electron chi connectivity index (χ2n) is 8.58. The van der Waals surface area contributed by atoms with Gasteiger partial charge in [0.15, 0.2) is 11.6 Å². The summed E-state index contributed by atoms with van der Waals surface area (Å²) < 4.78 is 33.4. The maximum Gasteiger partial charge on any atom is 0.300 e. The van der Waals surface area contributed by atoms with Crippen LogP contribution in [0.2, 0.25) is 0 Å². The highest BCUT2D eigenvalue weighted by atomic mass is 32.1. The number of hydrogen-bond acceptors (Lipinski definition) is 5. The number of Topliss-reactive ketones (excluding diaryl/α,β-unsaturated/α-hetero) is 1. The summed E-state index contributed by atoms with van der Waals surface area (Å²) in [6, 6.07) is 8.98. The number of carbonyl (C=O) groups is 2. The largest absolute Gasteiger partial charge is 0.507 e. The molecule has 1 fully saturated rings. The zero-order valence-electron chi connectivity index (χ0n) is 19.8. The number of thiophene rings is 1. The first kappa shape index (κ1) is 24.6. The summed E-state index contributed by atoms with van der Waals surface area (Å²) in [5, 5.41) is 13.2. The van der Waals surface area contributed by atoms with E-state index in [2.05, 4.69) is 0 Å². The molecule has 1 aliphatic heterocycles. The van der Waals surface area contributed by atoms with Crippen molar-refractivity contribution >= 4 is 34.5 Å². The second-order valence-corrected chi connectivity index (χ2v) is 9.52. The van der Waals surface area contributed by atoms with Gasteiger partial charge in [-0.25, -0.2) is 8.78 Å². The summed E-state index contributed by atoms with van der Waals surface area (Å²) >= 11 is 1.31. The quantitative estimate of drug-likeness (QED) is 0.240. The Morgan fingerprint density at radius 2 is 1.86 bits per heavy atom. The van der Waals surface area contributed by atoms with Gasteiger partial charge in [-0.1, -0.05) is 13.8 Å². The van der Waals surface area contributed by atoms with Crippen molar-refractivity contribution in [3.63, 3.8) is 0 Å². The number of rotatable bonds is 6.